The fourth-order valence-corrected chi connectivity index (χ4v) is 4.30. The van der Waals surface area contributed by atoms with Gasteiger partial charge in [0.1, 0.15) is 12.4 Å². The van der Waals surface area contributed by atoms with Gasteiger partial charge in [-0.3, -0.25) is 0 Å². The smallest absolute Gasteiger partial charge is 0.416 e. The molecule has 2 aromatic carbocycles. The first kappa shape index (κ1) is 29.0. The molecule has 3 aromatic rings. The number of carbonyl (C=O) groups is 1. The summed E-state index contributed by atoms with van der Waals surface area (Å²) in [4.78, 5) is 15.1. The fraction of sp³-hybridized carbons (Fsp3) is 0.259. The van der Waals surface area contributed by atoms with Gasteiger partial charge in [0, 0.05) is 5.56 Å². The number of ether oxygens (including phenoxy) is 1. The highest BCUT2D eigenvalue weighted by Gasteiger charge is 2.35. The Labute approximate surface area is 220 Å². The number of hydrogen-bond acceptors (Lipinski definition) is 4. The number of halogens is 9. The Hall–Kier alpha value is -4.03. The topological polar surface area (TPSA) is 62.2 Å². The maximum absolute atomic E-state index is 13.6. The van der Waals surface area contributed by atoms with Crippen molar-refractivity contribution in [3.63, 3.8) is 0 Å². The zero-order valence-electron chi connectivity index (χ0n) is 20.1. The molecule has 13 heteroatoms. The van der Waals surface area contributed by atoms with Gasteiger partial charge in [0.15, 0.2) is 0 Å². The highest BCUT2D eigenvalue weighted by Crippen LogP contribution is 2.45. The first-order valence-electron chi connectivity index (χ1n) is 11.6. The molecular weight excluding hydrogens is 557 g/mol. The van der Waals surface area contributed by atoms with Gasteiger partial charge >= 0.3 is 18.5 Å². The predicted molar refractivity (Wildman–Crippen MR) is 121 cm³/mol. The molecule has 1 heterocycles. The average molecular weight is 574 g/mol. The van der Waals surface area contributed by atoms with E-state index in [0.717, 1.165) is 42.5 Å². The Morgan fingerprint density at radius 1 is 0.750 bits per heavy atom. The first-order valence-corrected chi connectivity index (χ1v) is 11.6. The third-order valence-electron chi connectivity index (χ3n) is 6.20. The summed E-state index contributed by atoms with van der Waals surface area (Å²) in [5, 5.41) is 11.3. The minimum absolute atomic E-state index is 0.0880. The number of benzene rings is 2. The van der Waals surface area contributed by atoms with E-state index in [1.165, 1.54) is 0 Å². The van der Waals surface area contributed by atoms with Crippen molar-refractivity contribution in [2.24, 2.45) is 0 Å². The third-order valence-corrected chi connectivity index (χ3v) is 6.20. The molecule has 212 valence electrons. The van der Waals surface area contributed by atoms with E-state index in [-0.39, 0.29) is 53.2 Å². The van der Waals surface area contributed by atoms with E-state index in [4.69, 9.17) is 4.74 Å². The number of aromatic nitrogens is 1. The maximum Gasteiger partial charge on any atom is 0.416 e. The molecule has 0 saturated heterocycles. The molecule has 1 aliphatic carbocycles. The van der Waals surface area contributed by atoms with Crippen LogP contribution in [0.4, 0.5) is 39.5 Å². The van der Waals surface area contributed by atoms with Crippen LogP contribution in [0.15, 0.2) is 54.6 Å². The molecule has 0 bridgehead atoms. The van der Waals surface area contributed by atoms with Gasteiger partial charge in [-0.05, 0) is 78.4 Å². The number of allylic oxidation sites excluding steroid dienone is 2. The van der Waals surface area contributed by atoms with Crippen molar-refractivity contribution in [1.29, 1.82) is 0 Å². The molecular formula is C27H17F9NO3-. The number of aromatic carboxylic acids is 1. The van der Waals surface area contributed by atoms with Gasteiger partial charge in [-0.15, -0.1) is 0 Å². The lowest BCUT2D eigenvalue weighted by Crippen LogP contribution is -2.25. The summed E-state index contributed by atoms with van der Waals surface area (Å²) in [6.45, 7) is -0.324. The number of carboxylic acid groups (broad SMARTS) is 1. The summed E-state index contributed by atoms with van der Waals surface area (Å²) in [6.07, 6.45) is -13.8. The lowest BCUT2D eigenvalue weighted by atomic mass is 9.96. The Bertz CT molecular complexity index is 1450. The van der Waals surface area contributed by atoms with Crippen LogP contribution in [0.2, 0.25) is 0 Å². The monoisotopic (exact) mass is 574 g/mol. The first-order chi connectivity index (χ1) is 18.5. The molecule has 40 heavy (non-hydrogen) atoms. The molecule has 0 aliphatic heterocycles. The van der Waals surface area contributed by atoms with Crippen LogP contribution >= 0.6 is 0 Å². The quantitative estimate of drug-likeness (QED) is 0.293. The van der Waals surface area contributed by atoms with Gasteiger partial charge in [-0.25, -0.2) is 4.98 Å². The summed E-state index contributed by atoms with van der Waals surface area (Å²) in [5.41, 5.74) is -4.23. The van der Waals surface area contributed by atoms with Gasteiger partial charge in [0.25, 0.3) is 0 Å². The molecule has 0 N–H and O–H groups in total. The van der Waals surface area contributed by atoms with Crippen LogP contribution in [0.1, 0.15) is 63.3 Å². The van der Waals surface area contributed by atoms with E-state index in [9.17, 15) is 49.4 Å². The van der Waals surface area contributed by atoms with Crippen molar-refractivity contribution in [3.05, 3.63) is 93.8 Å². The molecule has 0 fully saturated rings. The Morgan fingerprint density at radius 2 is 1.32 bits per heavy atom. The number of hydrogen-bond donors (Lipinski definition) is 0. The van der Waals surface area contributed by atoms with Crippen LogP contribution in [0.5, 0.6) is 5.75 Å². The molecule has 0 unspecified atom stereocenters. The van der Waals surface area contributed by atoms with E-state index in [1.807, 2.05) is 0 Å². The van der Waals surface area contributed by atoms with Crippen LogP contribution in [0.3, 0.4) is 0 Å². The second kappa shape index (κ2) is 10.5. The van der Waals surface area contributed by atoms with Crippen LogP contribution in [0, 0.1) is 0 Å². The Balaban J connectivity index is 1.79. The number of rotatable bonds is 6. The fourth-order valence-electron chi connectivity index (χ4n) is 4.30. The van der Waals surface area contributed by atoms with Crippen molar-refractivity contribution >= 4 is 17.1 Å². The highest BCUT2D eigenvalue weighted by atomic mass is 19.4. The van der Waals surface area contributed by atoms with Crippen molar-refractivity contribution < 1.29 is 54.2 Å². The molecule has 0 saturated carbocycles. The van der Waals surface area contributed by atoms with Crippen LogP contribution in [0.25, 0.3) is 11.1 Å². The maximum atomic E-state index is 13.6. The molecule has 1 aromatic heterocycles. The normalized spacial score (nSPS) is 14.5. The zero-order chi connectivity index (χ0) is 29.5. The lowest BCUT2D eigenvalue weighted by Gasteiger charge is -2.18. The predicted octanol–water partition coefficient (Wildman–Crippen LogP) is 7.18. The molecule has 4 rings (SSSR count). The number of nitrogens with zero attached hydrogens (tertiary/aromatic N) is 1. The highest BCUT2D eigenvalue weighted by molar-refractivity contribution is 5.94. The molecule has 1 aliphatic rings. The van der Waals surface area contributed by atoms with E-state index >= 15 is 0 Å². The van der Waals surface area contributed by atoms with Crippen molar-refractivity contribution in [2.45, 2.75) is 44.4 Å². The third kappa shape index (κ3) is 6.40. The summed E-state index contributed by atoms with van der Waals surface area (Å²) in [5.74, 6) is -2.07. The minimum Gasteiger partial charge on any atom is -0.543 e. The zero-order valence-corrected chi connectivity index (χ0v) is 20.1. The van der Waals surface area contributed by atoms with Crippen LogP contribution in [-0.4, -0.2) is 11.0 Å². The summed E-state index contributed by atoms with van der Waals surface area (Å²) < 4.78 is 125. The van der Waals surface area contributed by atoms with E-state index in [1.54, 1.807) is 0 Å². The van der Waals surface area contributed by atoms with Crippen LogP contribution < -0.4 is 9.84 Å². The summed E-state index contributed by atoms with van der Waals surface area (Å²) in [6, 6.07) is 7.34. The Morgan fingerprint density at radius 3 is 1.90 bits per heavy atom. The van der Waals surface area contributed by atoms with Gasteiger partial charge in [0.05, 0.1) is 34.0 Å². The van der Waals surface area contributed by atoms with E-state index < -0.39 is 46.9 Å². The second-order valence-corrected chi connectivity index (χ2v) is 8.91. The second-order valence-electron chi connectivity index (χ2n) is 8.91. The number of carbonyl (C=O) groups excluding carboxylic acids is 1. The number of carboxylic acids is 1. The van der Waals surface area contributed by atoms with Crippen molar-refractivity contribution in [1.82, 2.24) is 4.98 Å². The number of pyridine rings is 1. The molecule has 0 amide bonds. The van der Waals surface area contributed by atoms with Crippen molar-refractivity contribution in [3.8, 4) is 5.75 Å². The van der Waals surface area contributed by atoms with E-state index in [2.05, 4.69) is 4.98 Å². The summed E-state index contributed by atoms with van der Waals surface area (Å²) >= 11 is 0. The standard InChI is InChI=1S/C27H18F9NO3/c28-25(29,30)15-6-4-14(5-7-15)13-40-23-9-8-16(26(31,32)33)10-20(23)18-2-1-3-19(18)21-11-17(27(34,35)36)12-22(37-21)24(38)39/h4-12H,1-3,13H2,(H,38,39)/p-1. The molecule has 0 radical (unpaired) electrons. The van der Waals surface area contributed by atoms with Crippen molar-refractivity contribution in [2.75, 3.05) is 0 Å². The largest absolute Gasteiger partial charge is 0.543 e. The van der Waals surface area contributed by atoms with E-state index in [0.29, 0.717) is 18.6 Å². The van der Waals surface area contributed by atoms with Gasteiger partial charge in [-0.1, -0.05) is 12.1 Å². The molecule has 0 spiro atoms. The average Bonchev–Trinajstić information content (AvgIpc) is 3.35. The number of alkyl halides is 9. The van der Waals surface area contributed by atoms with Gasteiger partial charge in [0.2, 0.25) is 0 Å². The minimum atomic E-state index is -4.94. The molecule has 0 atom stereocenters. The SMILES string of the molecule is O=C([O-])c1cc(C(F)(F)F)cc(C2=C(c3cc(C(F)(F)F)ccc3OCc3ccc(C(F)(F)F)cc3)CCC2)n1. The molecule has 4 nitrogen and oxygen atoms in total. The van der Waals surface area contributed by atoms with Crippen LogP contribution in [-0.2, 0) is 25.1 Å². The lowest BCUT2D eigenvalue weighted by molar-refractivity contribution is -0.255. The Kier molecular flexibility index (Phi) is 7.61. The summed E-state index contributed by atoms with van der Waals surface area (Å²) in [7, 11) is 0. The van der Waals surface area contributed by atoms with Gasteiger partial charge in [-0.2, -0.15) is 39.5 Å². The van der Waals surface area contributed by atoms with Gasteiger partial charge < -0.3 is 14.6 Å².